The van der Waals surface area contributed by atoms with Gasteiger partial charge in [0, 0.05) is 23.6 Å². The fraction of sp³-hybridized carbons (Fsp3) is 0.0769. The highest BCUT2D eigenvalue weighted by atomic mass is 16.2. The van der Waals surface area contributed by atoms with E-state index in [2.05, 4.69) is 5.32 Å². The second-order valence-corrected chi connectivity index (χ2v) is 3.79. The van der Waals surface area contributed by atoms with Gasteiger partial charge in [-0.25, -0.2) is 0 Å². The molecule has 5 nitrogen and oxygen atoms in total. The van der Waals surface area contributed by atoms with Crippen LogP contribution >= 0.6 is 0 Å². The zero-order valence-electron chi connectivity index (χ0n) is 9.67. The lowest BCUT2D eigenvalue weighted by Gasteiger charge is -2.05. The molecule has 0 fully saturated rings. The predicted octanol–water partition coefficient (Wildman–Crippen LogP) is 0.692. The molecule has 18 heavy (non-hydrogen) atoms. The highest BCUT2D eigenvalue weighted by molar-refractivity contribution is 5.96. The van der Waals surface area contributed by atoms with Crippen molar-refractivity contribution in [1.29, 1.82) is 0 Å². The third kappa shape index (κ3) is 2.76. The van der Waals surface area contributed by atoms with Gasteiger partial charge in [0.15, 0.2) is 0 Å². The minimum atomic E-state index is -0.563. The SMILES string of the molecule is NC(=O)CNC(=O)c1ccc(-n2cccc2)cc1. The lowest BCUT2D eigenvalue weighted by Crippen LogP contribution is -2.33. The summed E-state index contributed by atoms with van der Waals surface area (Å²) < 4.78 is 1.94. The standard InChI is InChI=1S/C13H13N3O2/c14-12(17)9-15-13(18)10-3-5-11(6-4-10)16-7-1-2-8-16/h1-8H,9H2,(H2,14,17)(H,15,18). The van der Waals surface area contributed by atoms with Crippen molar-refractivity contribution in [2.45, 2.75) is 0 Å². The van der Waals surface area contributed by atoms with Crippen LogP contribution in [0, 0.1) is 0 Å². The van der Waals surface area contributed by atoms with Crippen molar-refractivity contribution in [1.82, 2.24) is 9.88 Å². The van der Waals surface area contributed by atoms with Gasteiger partial charge in [-0.15, -0.1) is 0 Å². The van der Waals surface area contributed by atoms with Crippen LogP contribution < -0.4 is 11.1 Å². The Morgan fingerprint density at radius 2 is 1.72 bits per heavy atom. The number of hydrogen-bond acceptors (Lipinski definition) is 2. The fourth-order valence-electron chi connectivity index (χ4n) is 1.56. The average Bonchev–Trinajstić information content (AvgIpc) is 2.90. The van der Waals surface area contributed by atoms with Crippen LogP contribution in [-0.2, 0) is 4.79 Å². The number of primary amides is 1. The van der Waals surface area contributed by atoms with Gasteiger partial charge in [-0.2, -0.15) is 0 Å². The number of nitrogens with zero attached hydrogens (tertiary/aromatic N) is 1. The number of nitrogens with two attached hydrogens (primary N) is 1. The molecule has 0 saturated carbocycles. The monoisotopic (exact) mass is 243 g/mol. The molecule has 92 valence electrons. The second-order valence-electron chi connectivity index (χ2n) is 3.79. The number of amides is 2. The Morgan fingerprint density at radius 1 is 1.11 bits per heavy atom. The molecule has 0 spiro atoms. The van der Waals surface area contributed by atoms with Crippen molar-refractivity contribution < 1.29 is 9.59 Å². The van der Waals surface area contributed by atoms with E-state index < -0.39 is 5.91 Å². The molecule has 0 aliphatic heterocycles. The van der Waals surface area contributed by atoms with Crippen LogP contribution in [0.2, 0.25) is 0 Å². The van der Waals surface area contributed by atoms with Crippen molar-refractivity contribution >= 4 is 11.8 Å². The Hall–Kier alpha value is -2.56. The first-order valence-corrected chi connectivity index (χ1v) is 5.47. The molecule has 0 unspecified atom stereocenters. The maximum atomic E-state index is 11.6. The van der Waals surface area contributed by atoms with Crippen LogP contribution in [-0.4, -0.2) is 22.9 Å². The number of hydrogen-bond donors (Lipinski definition) is 2. The summed E-state index contributed by atoms with van der Waals surface area (Å²) >= 11 is 0. The zero-order chi connectivity index (χ0) is 13.0. The first kappa shape index (κ1) is 11.9. The molecule has 2 aromatic rings. The molecule has 1 heterocycles. The van der Waals surface area contributed by atoms with Crippen LogP contribution in [0.15, 0.2) is 48.8 Å². The third-order valence-corrected chi connectivity index (χ3v) is 2.46. The highest BCUT2D eigenvalue weighted by Crippen LogP contribution is 2.09. The second kappa shape index (κ2) is 5.18. The molecular weight excluding hydrogens is 230 g/mol. The summed E-state index contributed by atoms with van der Waals surface area (Å²) in [6.07, 6.45) is 3.84. The van der Waals surface area contributed by atoms with Gasteiger partial charge < -0.3 is 15.6 Å². The van der Waals surface area contributed by atoms with Crippen molar-refractivity contribution in [2.24, 2.45) is 5.73 Å². The van der Waals surface area contributed by atoms with Gasteiger partial charge in [-0.3, -0.25) is 9.59 Å². The smallest absolute Gasteiger partial charge is 0.251 e. The topological polar surface area (TPSA) is 77.1 Å². The van der Waals surface area contributed by atoms with Gasteiger partial charge in [-0.1, -0.05) is 0 Å². The van der Waals surface area contributed by atoms with Gasteiger partial charge in [-0.05, 0) is 36.4 Å². The van der Waals surface area contributed by atoms with Crippen molar-refractivity contribution in [3.8, 4) is 5.69 Å². The quantitative estimate of drug-likeness (QED) is 0.829. The van der Waals surface area contributed by atoms with Crippen molar-refractivity contribution in [2.75, 3.05) is 6.54 Å². The molecule has 5 heteroatoms. The van der Waals surface area contributed by atoms with Gasteiger partial charge in [0.2, 0.25) is 5.91 Å². The number of rotatable bonds is 4. The first-order chi connectivity index (χ1) is 8.66. The van der Waals surface area contributed by atoms with E-state index in [1.54, 1.807) is 12.1 Å². The molecule has 1 aromatic carbocycles. The normalized spacial score (nSPS) is 10.0. The first-order valence-electron chi connectivity index (χ1n) is 5.47. The number of carbonyl (C=O) groups is 2. The lowest BCUT2D eigenvalue weighted by molar-refractivity contribution is -0.117. The molecule has 2 rings (SSSR count). The summed E-state index contributed by atoms with van der Waals surface area (Å²) in [4.78, 5) is 22.2. The fourth-order valence-corrected chi connectivity index (χ4v) is 1.56. The van der Waals surface area contributed by atoms with Crippen LogP contribution in [0.25, 0.3) is 5.69 Å². The zero-order valence-corrected chi connectivity index (χ0v) is 9.67. The molecule has 0 bridgehead atoms. The Kier molecular flexibility index (Phi) is 3.43. The molecule has 0 atom stereocenters. The highest BCUT2D eigenvalue weighted by Gasteiger charge is 2.06. The van der Waals surface area contributed by atoms with Crippen molar-refractivity contribution in [3.63, 3.8) is 0 Å². The van der Waals surface area contributed by atoms with Crippen molar-refractivity contribution in [3.05, 3.63) is 54.4 Å². The molecular formula is C13H13N3O2. The van der Waals surface area contributed by atoms with Crippen LogP contribution in [0.3, 0.4) is 0 Å². The summed E-state index contributed by atoms with van der Waals surface area (Å²) in [5, 5.41) is 2.43. The minimum absolute atomic E-state index is 0.155. The Labute approximate surface area is 104 Å². The number of benzene rings is 1. The van der Waals surface area contributed by atoms with E-state index in [9.17, 15) is 9.59 Å². The van der Waals surface area contributed by atoms with Gasteiger partial charge >= 0.3 is 0 Å². The molecule has 0 radical (unpaired) electrons. The van der Waals surface area contributed by atoms with Gasteiger partial charge in [0.1, 0.15) is 0 Å². The number of carbonyl (C=O) groups excluding carboxylic acids is 2. The molecule has 3 N–H and O–H groups in total. The van der Waals surface area contributed by atoms with Gasteiger partial charge in [0.25, 0.3) is 5.91 Å². The molecule has 0 aliphatic carbocycles. The van der Waals surface area contributed by atoms with E-state index in [1.807, 2.05) is 41.2 Å². The van der Waals surface area contributed by atoms with E-state index in [-0.39, 0.29) is 12.5 Å². The molecule has 0 aliphatic rings. The largest absolute Gasteiger partial charge is 0.368 e. The molecule has 0 saturated heterocycles. The predicted molar refractivity (Wildman–Crippen MR) is 67.3 cm³/mol. The maximum Gasteiger partial charge on any atom is 0.251 e. The molecule has 2 amide bonds. The summed E-state index contributed by atoms with van der Waals surface area (Å²) in [5.74, 6) is -0.875. The average molecular weight is 243 g/mol. The van der Waals surface area contributed by atoms with Gasteiger partial charge in [0.05, 0.1) is 6.54 Å². The summed E-state index contributed by atoms with van der Waals surface area (Å²) in [6.45, 7) is -0.155. The van der Waals surface area contributed by atoms with E-state index in [0.29, 0.717) is 5.56 Å². The molecule has 1 aromatic heterocycles. The summed E-state index contributed by atoms with van der Waals surface area (Å²) in [5.41, 5.74) is 6.41. The van der Waals surface area contributed by atoms with E-state index in [1.165, 1.54) is 0 Å². The lowest BCUT2D eigenvalue weighted by atomic mass is 10.2. The Morgan fingerprint density at radius 3 is 2.28 bits per heavy atom. The Balaban J connectivity index is 2.08. The number of nitrogens with one attached hydrogen (secondary N) is 1. The summed E-state index contributed by atoms with van der Waals surface area (Å²) in [7, 11) is 0. The van der Waals surface area contributed by atoms with E-state index in [4.69, 9.17) is 5.73 Å². The van der Waals surface area contributed by atoms with Crippen LogP contribution in [0.1, 0.15) is 10.4 Å². The van der Waals surface area contributed by atoms with E-state index in [0.717, 1.165) is 5.69 Å². The Bertz CT molecular complexity index is 544. The maximum absolute atomic E-state index is 11.6. The van der Waals surface area contributed by atoms with Crippen LogP contribution in [0.4, 0.5) is 0 Å². The third-order valence-electron chi connectivity index (χ3n) is 2.46. The summed E-state index contributed by atoms with van der Waals surface area (Å²) in [6, 6.07) is 10.9. The van der Waals surface area contributed by atoms with Crippen LogP contribution in [0.5, 0.6) is 0 Å². The van der Waals surface area contributed by atoms with E-state index >= 15 is 0 Å². The minimum Gasteiger partial charge on any atom is -0.368 e. The number of aromatic nitrogens is 1.